The van der Waals surface area contributed by atoms with Gasteiger partial charge in [0.1, 0.15) is 0 Å². The van der Waals surface area contributed by atoms with Gasteiger partial charge in [0.2, 0.25) is 0 Å². The molecule has 0 bridgehead atoms. The maximum absolute atomic E-state index is 10.4. The SMILES string of the molecule is CCCN(CCC1CCCC1(O)CN)C1CC1. The summed E-state index contributed by atoms with van der Waals surface area (Å²) < 4.78 is 0. The van der Waals surface area contributed by atoms with Gasteiger partial charge in [-0.15, -0.1) is 0 Å². The summed E-state index contributed by atoms with van der Waals surface area (Å²) in [7, 11) is 0. The number of nitrogens with zero attached hydrogens (tertiary/aromatic N) is 1. The molecule has 0 aromatic rings. The van der Waals surface area contributed by atoms with E-state index in [2.05, 4.69) is 11.8 Å². The topological polar surface area (TPSA) is 49.5 Å². The van der Waals surface area contributed by atoms with Gasteiger partial charge in [-0.25, -0.2) is 0 Å². The average Bonchev–Trinajstić information content (AvgIpc) is 3.10. The molecule has 2 saturated carbocycles. The lowest BCUT2D eigenvalue weighted by atomic mass is 9.88. The van der Waals surface area contributed by atoms with E-state index < -0.39 is 5.60 Å². The van der Waals surface area contributed by atoms with Crippen molar-refractivity contribution in [3.05, 3.63) is 0 Å². The molecule has 0 aliphatic heterocycles. The van der Waals surface area contributed by atoms with E-state index in [1.54, 1.807) is 0 Å². The Balaban J connectivity index is 1.79. The third-order valence-corrected chi connectivity index (χ3v) is 4.61. The minimum atomic E-state index is -0.554. The lowest BCUT2D eigenvalue weighted by molar-refractivity contribution is 0.00426. The number of hydrogen-bond donors (Lipinski definition) is 2. The van der Waals surface area contributed by atoms with Crippen molar-refractivity contribution in [2.75, 3.05) is 19.6 Å². The summed E-state index contributed by atoms with van der Waals surface area (Å²) in [5.41, 5.74) is 5.18. The van der Waals surface area contributed by atoms with Crippen molar-refractivity contribution in [3.8, 4) is 0 Å². The van der Waals surface area contributed by atoms with Crippen LogP contribution in [0.25, 0.3) is 0 Å². The molecule has 0 aromatic carbocycles. The summed E-state index contributed by atoms with van der Waals surface area (Å²) in [5, 5.41) is 10.4. The van der Waals surface area contributed by atoms with Gasteiger partial charge in [-0.05, 0) is 57.5 Å². The van der Waals surface area contributed by atoms with E-state index >= 15 is 0 Å². The second kappa shape index (κ2) is 5.68. The summed E-state index contributed by atoms with van der Waals surface area (Å²) in [6.07, 6.45) is 8.35. The molecule has 0 spiro atoms. The minimum Gasteiger partial charge on any atom is -0.388 e. The second-order valence-electron chi connectivity index (χ2n) is 5.95. The Morgan fingerprint density at radius 1 is 1.29 bits per heavy atom. The standard InChI is InChI=1S/C14H28N2O/c1-2-9-16(13-5-6-13)10-7-12-4-3-8-14(12,17)11-15/h12-13,17H,2-11,15H2,1H3. The molecule has 2 rings (SSSR count). The number of hydrogen-bond acceptors (Lipinski definition) is 3. The fraction of sp³-hybridized carbons (Fsp3) is 1.00. The first kappa shape index (κ1) is 13.3. The fourth-order valence-corrected chi connectivity index (χ4v) is 3.33. The first-order valence-corrected chi connectivity index (χ1v) is 7.36. The van der Waals surface area contributed by atoms with Crippen LogP contribution in [-0.2, 0) is 0 Å². The highest BCUT2D eigenvalue weighted by atomic mass is 16.3. The molecule has 2 aliphatic carbocycles. The van der Waals surface area contributed by atoms with Gasteiger partial charge in [-0.2, -0.15) is 0 Å². The summed E-state index contributed by atoms with van der Waals surface area (Å²) >= 11 is 0. The predicted octanol–water partition coefficient (Wildman–Crippen LogP) is 1.74. The van der Waals surface area contributed by atoms with Crippen LogP contribution in [0.3, 0.4) is 0 Å². The Hall–Kier alpha value is -0.120. The van der Waals surface area contributed by atoms with Gasteiger partial charge in [0.15, 0.2) is 0 Å². The monoisotopic (exact) mass is 240 g/mol. The molecule has 2 atom stereocenters. The van der Waals surface area contributed by atoms with Gasteiger partial charge in [0.05, 0.1) is 5.60 Å². The molecular weight excluding hydrogens is 212 g/mol. The zero-order valence-corrected chi connectivity index (χ0v) is 11.2. The van der Waals surface area contributed by atoms with Crippen LogP contribution in [-0.4, -0.2) is 41.3 Å². The van der Waals surface area contributed by atoms with Crippen molar-refractivity contribution < 1.29 is 5.11 Å². The lowest BCUT2D eigenvalue weighted by Crippen LogP contribution is -2.42. The van der Waals surface area contributed by atoms with E-state index in [-0.39, 0.29) is 0 Å². The lowest BCUT2D eigenvalue weighted by Gasteiger charge is -2.31. The molecule has 0 heterocycles. The third-order valence-electron chi connectivity index (χ3n) is 4.61. The van der Waals surface area contributed by atoms with Crippen LogP contribution < -0.4 is 5.73 Å². The molecule has 0 aromatic heterocycles. The van der Waals surface area contributed by atoms with Crippen LogP contribution in [0.1, 0.15) is 51.9 Å². The van der Waals surface area contributed by atoms with Gasteiger partial charge in [0, 0.05) is 12.6 Å². The van der Waals surface area contributed by atoms with Gasteiger partial charge < -0.3 is 15.7 Å². The molecule has 2 fully saturated rings. The Labute approximate surface area is 105 Å². The van der Waals surface area contributed by atoms with Crippen LogP contribution in [0.15, 0.2) is 0 Å². The number of aliphatic hydroxyl groups is 1. The Kier molecular flexibility index (Phi) is 4.45. The van der Waals surface area contributed by atoms with Crippen molar-refractivity contribution in [1.82, 2.24) is 4.90 Å². The van der Waals surface area contributed by atoms with Crippen molar-refractivity contribution in [2.45, 2.75) is 63.5 Å². The molecule has 2 aliphatic rings. The summed E-state index contributed by atoms with van der Waals surface area (Å²) in [5.74, 6) is 0.436. The van der Waals surface area contributed by atoms with Crippen LogP contribution in [0.2, 0.25) is 0 Å². The van der Waals surface area contributed by atoms with Crippen LogP contribution in [0.5, 0.6) is 0 Å². The highest BCUT2D eigenvalue weighted by molar-refractivity contribution is 4.94. The van der Waals surface area contributed by atoms with Gasteiger partial charge >= 0.3 is 0 Å². The molecule has 0 saturated heterocycles. The quantitative estimate of drug-likeness (QED) is 0.712. The van der Waals surface area contributed by atoms with E-state index in [1.807, 2.05) is 0 Å². The Bertz CT molecular complexity index is 242. The summed E-state index contributed by atoms with van der Waals surface area (Å²) in [6.45, 7) is 5.07. The zero-order valence-electron chi connectivity index (χ0n) is 11.2. The van der Waals surface area contributed by atoms with Crippen molar-refractivity contribution in [1.29, 1.82) is 0 Å². The van der Waals surface area contributed by atoms with E-state index in [9.17, 15) is 5.11 Å². The number of nitrogens with two attached hydrogens (primary N) is 1. The normalized spacial score (nSPS) is 33.5. The maximum atomic E-state index is 10.4. The zero-order chi connectivity index (χ0) is 12.3. The Morgan fingerprint density at radius 3 is 2.65 bits per heavy atom. The molecule has 2 unspecified atom stereocenters. The molecular formula is C14H28N2O. The molecule has 3 heteroatoms. The first-order chi connectivity index (χ1) is 8.19. The highest BCUT2D eigenvalue weighted by Crippen LogP contribution is 2.38. The van der Waals surface area contributed by atoms with Crippen molar-refractivity contribution >= 4 is 0 Å². The summed E-state index contributed by atoms with van der Waals surface area (Å²) in [6, 6.07) is 0.849. The highest BCUT2D eigenvalue weighted by Gasteiger charge is 2.40. The molecule has 0 amide bonds. The molecule has 0 radical (unpaired) electrons. The molecule has 100 valence electrons. The largest absolute Gasteiger partial charge is 0.388 e. The van der Waals surface area contributed by atoms with Crippen molar-refractivity contribution in [2.24, 2.45) is 11.7 Å². The minimum absolute atomic E-state index is 0.436. The van der Waals surface area contributed by atoms with Gasteiger partial charge in [-0.3, -0.25) is 0 Å². The van der Waals surface area contributed by atoms with E-state index in [4.69, 9.17) is 5.73 Å². The van der Waals surface area contributed by atoms with E-state index in [0.717, 1.165) is 31.8 Å². The molecule has 17 heavy (non-hydrogen) atoms. The molecule has 3 N–H and O–H groups in total. The third kappa shape index (κ3) is 3.21. The maximum Gasteiger partial charge on any atom is 0.0797 e. The average molecular weight is 240 g/mol. The predicted molar refractivity (Wildman–Crippen MR) is 70.8 cm³/mol. The molecule has 3 nitrogen and oxygen atoms in total. The van der Waals surface area contributed by atoms with Crippen LogP contribution >= 0.6 is 0 Å². The van der Waals surface area contributed by atoms with Crippen molar-refractivity contribution in [3.63, 3.8) is 0 Å². The summed E-state index contributed by atoms with van der Waals surface area (Å²) in [4.78, 5) is 2.62. The smallest absolute Gasteiger partial charge is 0.0797 e. The van der Waals surface area contributed by atoms with Gasteiger partial charge in [-0.1, -0.05) is 13.3 Å². The van der Waals surface area contributed by atoms with Crippen LogP contribution in [0.4, 0.5) is 0 Å². The van der Waals surface area contributed by atoms with Crippen LogP contribution in [0, 0.1) is 5.92 Å². The number of rotatable bonds is 7. The first-order valence-electron chi connectivity index (χ1n) is 7.36. The fourth-order valence-electron chi connectivity index (χ4n) is 3.33. The Morgan fingerprint density at radius 2 is 2.06 bits per heavy atom. The van der Waals surface area contributed by atoms with E-state index in [0.29, 0.717) is 12.5 Å². The van der Waals surface area contributed by atoms with Gasteiger partial charge in [0.25, 0.3) is 0 Å². The van der Waals surface area contributed by atoms with E-state index in [1.165, 1.54) is 32.2 Å². The second-order valence-corrected chi connectivity index (χ2v) is 5.95.